The highest BCUT2D eigenvalue weighted by Gasteiger charge is 2.34. The summed E-state index contributed by atoms with van der Waals surface area (Å²) in [4.78, 5) is 15.1. The molecule has 0 N–H and O–H groups in total. The third-order valence-electron chi connectivity index (χ3n) is 5.20. The van der Waals surface area contributed by atoms with Crippen LogP contribution in [0.2, 0.25) is 10.0 Å². The molecule has 2 heterocycles. The molecule has 2 aliphatic rings. The lowest BCUT2D eigenvalue weighted by Gasteiger charge is -2.18. The number of rotatable bonds is 7. The molecular weight excluding hydrogens is 569 g/mol. The Labute approximate surface area is 220 Å². The van der Waals surface area contributed by atoms with Gasteiger partial charge in [-0.15, -0.1) is 0 Å². The minimum absolute atomic E-state index is 0.0491. The van der Waals surface area contributed by atoms with Crippen LogP contribution in [-0.4, -0.2) is 41.5 Å². The van der Waals surface area contributed by atoms with E-state index >= 15 is 0 Å². The summed E-state index contributed by atoms with van der Waals surface area (Å²) in [7, 11) is 1.57. The van der Waals surface area contributed by atoms with Crippen LogP contribution in [0.5, 0.6) is 11.5 Å². The van der Waals surface area contributed by atoms with Gasteiger partial charge in [0.1, 0.15) is 10.9 Å². The summed E-state index contributed by atoms with van der Waals surface area (Å²) >= 11 is 22.4. The van der Waals surface area contributed by atoms with Crippen LogP contribution in [0, 0.1) is 0 Å². The smallest absolute Gasteiger partial charge is 0.266 e. The van der Waals surface area contributed by atoms with Gasteiger partial charge in [0, 0.05) is 6.61 Å². The highest BCUT2D eigenvalue weighted by Crippen LogP contribution is 2.40. The normalized spacial score (nSPS) is 19.6. The number of hydrogen-bond acceptors (Lipinski definition) is 6. The van der Waals surface area contributed by atoms with Gasteiger partial charge in [0.25, 0.3) is 5.91 Å². The zero-order valence-electron chi connectivity index (χ0n) is 17.6. The fraction of sp³-hybridized carbons (Fsp3) is 0.304. The van der Waals surface area contributed by atoms with Crippen LogP contribution >= 0.6 is 63.1 Å². The van der Waals surface area contributed by atoms with Gasteiger partial charge in [-0.05, 0) is 70.2 Å². The van der Waals surface area contributed by atoms with Crippen LogP contribution < -0.4 is 9.47 Å². The Morgan fingerprint density at radius 2 is 2.12 bits per heavy atom. The lowest BCUT2D eigenvalue weighted by atomic mass is 10.1. The number of hydrogen-bond donors (Lipinski definition) is 0. The minimum atomic E-state index is -0.101. The zero-order chi connectivity index (χ0) is 23.5. The molecule has 2 fully saturated rings. The molecule has 4 rings (SSSR count). The molecule has 5 nitrogen and oxygen atoms in total. The monoisotopic (exact) mass is 587 g/mol. The van der Waals surface area contributed by atoms with Crippen molar-refractivity contribution in [3.05, 3.63) is 60.9 Å². The first-order valence-corrected chi connectivity index (χ1v) is 12.9. The van der Waals surface area contributed by atoms with E-state index in [9.17, 15) is 4.79 Å². The molecule has 0 spiro atoms. The predicted octanol–water partition coefficient (Wildman–Crippen LogP) is 6.72. The zero-order valence-corrected chi connectivity index (χ0v) is 22.3. The Bertz CT molecular complexity index is 1120. The van der Waals surface area contributed by atoms with Crippen molar-refractivity contribution in [1.82, 2.24) is 4.90 Å². The largest absolute Gasteiger partial charge is 0.493 e. The molecule has 2 aromatic rings. The molecule has 0 saturated carbocycles. The van der Waals surface area contributed by atoms with E-state index < -0.39 is 0 Å². The second kappa shape index (κ2) is 11.0. The van der Waals surface area contributed by atoms with E-state index in [0.29, 0.717) is 41.8 Å². The van der Waals surface area contributed by atoms with Crippen LogP contribution in [-0.2, 0) is 16.1 Å². The number of thioether (sulfide) groups is 1. The third-order valence-corrected chi connectivity index (χ3v) is 7.91. The summed E-state index contributed by atoms with van der Waals surface area (Å²) in [6.45, 7) is 1.52. The van der Waals surface area contributed by atoms with Crippen molar-refractivity contribution in [3.63, 3.8) is 0 Å². The topological polar surface area (TPSA) is 48.0 Å². The van der Waals surface area contributed by atoms with Crippen molar-refractivity contribution < 1.29 is 19.0 Å². The summed E-state index contributed by atoms with van der Waals surface area (Å²) in [5.74, 6) is 0.979. The van der Waals surface area contributed by atoms with Crippen LogP contribution in [0.15, 0.2) is 39.7 Å². The maximum absolute atomic E-state index is 12.9. The highest BCUT2D eigenvalue weighted by molar-refractivity contribution is 9.10. The van der Waals surface area contributed by atoms with Gasteiger partial charge in [-0.3, -0.25) is 9.69 Å². The number of benzene rings is 2. The first-order valence-electron chi connectivity index (χ1n) is 10.2. The van der Waals surface area contributed by atoms with E-state index in [1.807, 2.05) is 24.3 Å². The lowest BCUT2D eigenvalue weighted by Crippen LogP contribution is -2.35. The van der Waals surface area contributed by atoms with Crippen molar-refractivity contribution in [2.75, 3.05) is 20.3 Å². The molecule has 33 heavy (non-hydrogen) atoms. The van der Waals surface area contributed by atoms with E-state index in [1.54, 1.807) is 24.1 Å². The van der Waals surface area contributed by atoms with Gasteiger partial charge in [0.15, 0.2) is 11.5 Å². The first kappa shape index (κ1) is 24.8. The summed E-state index contributed by atoms with van der Waals surface area (Å²) in [5, 5.41) is 0.959. The molecule has 0 unspecified atom stereocenters. The van der Waals surface area contributed by atoms with Gasteiger partial charge in [-0.25, -0.2) is 0 Å². The van der Waals surface area contributed by atoms with Crippen molar-refractivity contribution in [2.24, 2.45) is 0 Å². The van der Waals surface area contributed by atoms with Gasteiger partial charge in [-0.1, -0.05) is 53.2 Å². The Balaban J connectivity index is 1.51. The maximum atomic E-state index is 12.9. The fourth-order valence-corrected chi connectivity index (χ4v) is 5.72. The van der Waals surface area contributed by atoms with Crippen LogP contribution in [0.1, 0.15) is 24.0 Å². The highest BCUT2D eigenvalue weighted by atomic mass is 79.9. The minimum Gasteiger partial charge on any atom is -0.493 e. The Morgan fingerprint density at radius 3 is 2.82 bits per heavy atom. The number of carbonyl (C=O) groups excluding carboxylic acids is 1. The predicted molar refractivity (Wildman–Crippen MR) is 140 cm³/mol. The first-order chi connectivity index (χ1) is 15.9. The molecule has 0 bridgehead atoms. The average Bonchev–Trinajstić information content (AvgIpc) is 3.39. The van der Waals surface area contributed by atoms with Crippen LogP contribution in [0.4, 0.5) is 0 Å². The molecule has 0 aromatic heterocycles. The molecule has 10 heteroatoms. The number of halogens is 3. The molecule has 1 amide bonds. The second-order valence-corrected chi connectivity index (χ2v) is 10.8. The summed E-state index contributed by atoms with van der Waals surface area (Å²) in [6.07, 6.45) is 3.82. The van der Waals surface area contributed by atoms with Gasteiger partial charge in [-0.2, -0.15) is 0 Å². The summed E-state index contributed by atoms with van der Waals surface area (Å²) < 4.78 is 18.4. The quantitative estimate of drug-likeness (QED) is 0.264. The van der Waals surface area contributed by atoms with Gasteiger partial charge in [0.05, 0.1) is 39.2 Å². The number of amides is 1. The Kier molecular flexibility index (Phi) is 8.25. The van der Waals surface area contributed by atoms with Gasteiger partial charge >= 0.3 is 0 Å². The van der Waals surface area contributed by atoms with E-state index in [0.717, 1.165) is 30.6 Å². The fourth-order valence-electron chi connectivity index (χ4n) is 3.55. The SMILES string of the molecule is COc1cc(/C=C2\SC(=S)N(C[C@@H]3CCCO3)C2=O)cc(Br)c1OCc1ccc(Cl)c(Cl)c1. The van der Waals surface area contributed by atoms with E-state index in [-0.39, 0.29) is 18.6 Å². The van der Waals surface area contributed by atoms with E-state index in [1.165, 1.54) is 11.8 Å². The molecule has 2 aliphatic heterocycles. The van der Waals surface area contributed by atoms with Crippen molar-refractivity contribution in [1.29, 1.82) is 0 Å². The molecular formula is C23H20BrCl2NO4S2. The van der Waals surface area contributed by atoms with Gasteiger partial charge < -0.3 is 14.2 Å². The number of methoxy groups -OCH3 is 1. The average molecular weight is 589 g/mol. The summed E-state index contributed by atoms with van der Waals surface area (Å²) in [6, 6.07) is 9.03. The number of ether oxygens (including phenoxy) is 3. The Hall–Kier alpha value is -1.29. The third kappa shape index (κ3) is 5.86. The van der Waals surface area contributed by atoms with Crippen molar-refractivity contribution in [2.45, 2.75) is 25.6 Å². The molecule has 2 aromatic carbocycles. The van der Waals surface area contributed by atoms with Gasteiger partial charge in [0.2, 0.25) is 0 Å². The molecule has 2 saturated heterocycles. The van der Waals surface area contributed by atoms with E-state index in [4.69, 9.17) is 49.6 Å². The van der Waals surface area contributed by atoms with Crippen LogP contribution in [0.25, 0.3) is 6.08 Å². The summed E-state index contributed by atoms with van der Waals surface area (Å²) in [5.41, 5.74) is 1.66. The number of thiocarbonyl (C=S) groups is 1. The van der Waals surface area contributed by atoms with Crippen LogP contribution in [0.3, 0.4) is 0 Å². The Morgan fingerprint density at radius 1 is 1.30 bits per heavy atom. The standard InChI is InChI=1S/C23H20BrCl2NO4S2/c1-29-19-9-14(7-16(24)21(19)31-12-13-4-5-17(25)18(26)8-13)10-20-22(28)27(23(32)33-20)11-15-3-2-6-30-15/h4-5,7-10,15H,2-3,6,11-12H2,1H3/b20-10-/t15-/m0/s1. The lowest BCUT2D eigenvalue weighted by molar-refractivity contribution is -0.123. The maximum Gasteiger partial charge on any atom is 0.266 e. The van der Waals surface area contributed by atoms with Crippen molar-refractivity contribution >= 4 is 79.4 Å². The molecule has 1 atom stereocenters. The molecule has 0 aliphatic carbocycles. The molecule has 174 valence electrons. The van der Waals surface area contributed by atoms with Crippen molar-refractivity contribution in [3.8, 4) is 11.5 Å². The van der Waals surface area contributed by atoms with E-state index in [2.05, 4.69) is 15.9 Å². The second-order valence-electron chi connectivity index (χ2n) is 7.50. The number of carbonyl (C=O) groups is 1. The number of nitrogens with zero attached hydrogens (tertiary/aromatic N) is 1. The molecule has 0 radical (unpaired) electrons.